The fraction of sp³-hybridized carbons (Fsp3) is 0.125. The summed E-state index contributed by atoms with van der Waals surface area (Å²) in [7, 11) is 0. The van der Waals surface area contributed by atoms with Gasteiger partial charge in [0.25, 0.3) is 5.69 Å². The van der Waals surface area contributed by atoms with E-state index < -0.39 is 4.92 Å². The summed E-state index contributed by atoms with van der Waals surface area (Å²) in [6, 6.07) is 4.20. The third-order valence-electron chi connectivity index (χ3n) is 1.46. The minimum Gasteiger partial charge on any atom is -0.485 e. The fourth-order valence-electron chi connectivity index (χ4n) is 0.898. The molecule has 0 unspecified atom stereocenters. The van der Waals surface area contributed by atoms with Crippen molar-refractivity contribution < 1.29 is 9.66 Å². The third-order valence-corrected chi connectivity index (χ3v) is 1.92. The molecule has 0 aliphatic rings. The first kappa shape index (κ1) is 11.4. The largest absolute Gasteiger partial charge is 0.485 e. The Hall–Kier alpha value is -1.63. The van der Waals surface area contributed by atoms with Crippen LogP contribution in [0.2, 0.25) is 0 Å². The van der Waals surface area contributed by atoms with Crippen molar-refractivity contribution in [3.63, 3.8) is 0 Å². The number of nitro benzene ring substituents is 1. The van der Waals surface area contributed by atoms with Gasteiger partial charge in [0.05, 0.1) is 11.0 Å². The van der Waals surface area contributed by atoms with Crippen molar-refractivity contribution in [2.24, 2.45) is 5.73 Å². The van der Waals surface area contributed by atoms with Crippen molar-refractivity contribution in [3.8, 4) is 5.75 Å². The number of ether oxygens (including phenoxy) is 1. The SMILES string of the molecule is N=C(N)COc1cc(Br)cc([N+](=O)[O-])c1. The van der Waals surface area contributed by atoms with Gasteiger partial charge in [0.15, 0.2) is 0 Å². The highest BCUT2D eigenvalue weighted by Gasteiger charge is 2.09. The van der Waals surface area contributed by atoms with E-state index in [-0.39, 0.29) is 18.1 Å². The Labute approximate surface area is 93.8 Å². The molecule has 0 aliphatic heterocycles. The van der Waals surface area contributed by atoms with E-state index in [4.69, 9.17) is 15.9 Å². The predicted molar refractivity (Wildman–Crippen MR) is 58.2 cm³/mol. The van der Waals surface area contributed by atoms with Crippen LogP contribution in [0, 0.1) is 15.5 Å². The van der Waals surface area contributed by atoms with Crippen LogP contribution in [0.15, 0.2) is 22.7 Å². The molecule has 0 amide bonds. The molecule has 1 aromatic carbocycles. The number of non-ortho nitro benzene ring substituents is 1. The normalized spacial score (nSPS) is 9.67. The number of hydrogen-bond donors (Lipinski definition) is 2. The van der Waals surface area contributed by atoms with E-state index in [9.17, 15) is 10.1 Å². The number of nitrogens with one attached hydrogen (secondary N) is 1. The fourth-order valence-corrected chi connectivity index (χ4v) is 1.36. The van der Waals surface area contributed by atoms with Crippen LogP contribution < -0.4 is 10.5 Å². The molecule has 0 aliphatic carbocycles. The summed E-state index contributed by atoms with van der Waals surface area (Å²) in [5, 5.41) is 17.4. The standard InChI is InChI=1S/C8H8BrN3O3/c9-5-1-6(12(13)14)3-7(2-5)15-4-8(10)11/h1-3H,4H2,(H3,10,11). The summed E-state index contributed by atoms with van der Waals surface area (Å²) in [5.74, 6) is 0.156. The lowest BCUT2D eigenvalue weighted by Gasteiger charge is -2.04. The smallest absolute Gasteiger partial charge is 0.274 e. The first-order valence-corrected chi connectivity index (χ1v) is 4.69. The van der Waals surface area contributed by atoms with Gasteiger partial charge >= 0.3 is 0 Å². The molecule has 0 fully saturated rings. The molecule has 0 aromatic heterocycles. The molecule has 0 heterocycles. The van der Waals surface area contributed by atoms with Crippen LogP contribution in [0.5, 0.6) is 5.75 Å². The molecule has 0 saturated heterocycles. The zero-order valence-electron chi connectivity index (χ0n) is 7.57. The van der Waals surface area contributed by atoms with E-state index in [2.05, 4.69) is 15.9 Å². The first-order chi connectivity index (χ1) is 6.99. The van der Waals surface area contributed by atoms with Crippen molar-refractivity contribution in [3.05, 3.63) is 32.8 Å². The summed E-state index contributed by atoms with van der Waals surface area (Å²) in [6.45, 7) is -0.0897. The summed E-state index contributed by atoms with van der Waals surface area (Å²) < 4.78 is 5.59. The van der Waals surface area contributed by atoms with Crippen LogP contribution in [0.3, 0.4) is 0 Å². The van der Waals surface area contributed by atoms with Crippen molar-refractivity contribution in [2.45, 2.75) is 0 Å². The zero-order chi connectivity index (χ0) is 11.4. The van der Waals surface area contributed by atoms with Gasteiger partial charge in [-0.3, -0.25) is 15.5 Å². The summed E-state index contributed by atoms with van der Waals surface area (Å²) in [6.07, 6.45) is 0. The van der Waals surface area contributed by atoms with Gasteiger partial charge < -0.3 is 10.5 Å². The Morgan fingerprint density at radius 1 is 1.60 bits per heavy atom. The average molecular weight is 274 g/mol. The number of hydrogen-bond acceptors (Lipinski definition) is 4. The zero-order valence-corrected chi connectivity index (χ0v) is 9.15. The highest BCUT2D eigenvalue weighted by Crippen LogP contribution is 2.25. The number of rotatable bonds is 4. The summed E-state index contributed by atoms with van der Waals surface area (Å²) >= 11 is 3.12. The van der Waals surface area contributed by atoms with Crippen LogP contribution >= 0.6 is 15.9 Å². The van der Waals surface area contributed by atoms with E-state index in [0.29, 0.717) is 10.2 Å². The molecular weight excluding hydrogens is 266 g/mol. The topological polar surface area (TPSA) is 102 Å². The number of nitro groups is 1. The van der Waals surface area contributed by atoms with Gasteiger partial charge in [-0.15, -0.1) is 0 Å². The molecule has 3 N–H and O–H groups in total. The Morgan fingerprint density at radius 3 is 2.80 bits per heavy atom. The quantitative estimate of drug-likeness (QED) is 0.377. The molecule has 0 radical (unpaired) electrons. The molecule has 0 atom stereocenters. The number of halogens is 1. The number of amidine groups is 1. The number of nitrogens with zero attached hydrogens (tertiary/aromatic N) is 1. The average Bonchev–Trinajstić information content (AvgIpc) is 2.13. The summed E-state index contributed by atoms with van der Waals surface area (Å²) in [4.78, 5) is 9.98. The lowest BCUT2D eigenvalue weighted by atomic mass is 10.3. The van der Waals surface area contributed by atoms with Crippen molar-refractivity contribution in [2.75, 3.05) is 6.61 Å². The molecular formula is C8H8BrN3O3. The van der Waals surface area contributed by atoms with Gasteiger partial charge in [0.1, 0.15) is 18.2 Å². The maximum absolute atomic E-state index is 10.5. The maximum Gasteiger partial charge on any atom is 0.274 e. The van der Waals surface area contributed by atoms with E-state index in [1.165, 1.54) is 12.1 Å². The minimum atomic E-state index is -0.522. The Balaban J connectivity index is 2.88. The molecule has 80 valence electrons. The monoisotopic (exact) mass is 273 g/mol. The summed E-state index contributed by atoms with van der Waals surface area (Å²) in [5.41, 5.74) is 5.01. The molecule has 6 nitrogen and oxygen atoms in total. The van der Waals surface area contributed by atoms with Crippen LogP contribution in [-0.2, 0) is 0 Å². The second-order valence-electron chi connectivity index (χ2n) is 2.72. The first-order valence-electron chi connectivity index (χ1n) is 3.89. The molecule has 1 rings (SSSR count). The molecule has 15 heavy (non-hydrogen) atoms. The molecule has 0 saturated carbocycles. The van der Waals surface area contributed by atoms with Crippen molar-refractivity contribution in [1.29, 1.82) is 5.41 Å². The van der Waals surface area contributed by atoms with Gasteiger partial charge in [0, 0.05) is 10.5 Å². The predicted octanol–water partition coefficient (Wildman–Crippen LogP) is 1.67. The van der Waals surface area contributed by atoms with E-state index in [1.807, 2.05) is 0 Å². The third kappa shape index (κ3) is 3.55. The second-order valence-corrected chi connectivity index (χ2v) is 3.63. The lowest BCUT2D eigenvalue weighted by molar-refractivity contribution is -0.385. The Bertz CT molecular complexity index is 408. The molecule has 0 bridgehead atoms. The Morgan fingerprint density at radius 2 is 2.27 bits per heavy atom. The van der Waals surface area contributed by atoms with Crippen LogP contribution in [-0.4, -0.2) is 17.4 Å². The van der Waals surface area contributed by atoms with Crippen molar-refractivity contribution in [1.82, 2.24) is 0 Å². The van der Waals surface area contributed by atoms with Crippen LogP contribution in [0.25, 0.3) is 0 Å². The number of nitrogens with two attached hydrogens (primary N) is 1. The molecule has 0 spiro atoms. The Kier molecular flexibility index (Phi) is 3.62. The van der Waals surface area contributed by atoms with Gasteiger partial charge in [0.2, 0.25) is 0 Å². The van der Waals surface area contributed by atoms with Gasteiger partial charge in [-0.1, -0.05) is 15.9 Å². The van der Waals surface area contributed by atoms with E-state index in [1.54, 1.807) is 6.07 Å². The van der Waals surface area contributed by atoms with Crippen molar-refractivity contribution >= 4 is 27.5 Å². The minimum absolute atomic E-state index is 0.0806. The highest BCUT2D eigenvalue weighted by atomic mass is 79.9. The highest BCUT2D eigenvalue weighted by molar-refractivity contribution is 9.10. The van der Waals surface area contributed by atoms with Gasteiger partial charge in [-0.05, 0) is 6.07 Å². The second kappa shape index (κ2) is 4.74. The van der Waals surface area contributed by atoms with E-state index in [0.717, 1.165) is 0 Å². The van der Waals surface area contributed by atoms with E-state index >= 15 is 0 Å². The maximum atomic E-state index is 10.5. The molecule has 1 aromatic rings. The number of benzene rings is 1. The lowest BCUT2D eigenvalue weighted by Crippen LogP contribution is -2.19. The van der Waals surface area contributed by atoms with Gasteiger partial charge in [-0.2, -0.15) is 0 Å². The van der Waals surface area contributed by atoms with Crippen LogP contribution in [0.1, 0.15) is 0 Å². The van der Waals surface area contributed by atoms with Gasteiger partial charge in [-0.25, -0.2) is 0 Å². The van der Waals surface area contributed by atoms with Crippen LogP contribution in [0.4, 0.5) is 5.69 Å². The molecule has 7 heteroatoms.